The smallest absolute Gasteiger partial charge is 0.252 e. The predicted octanol–water partition coefficient (Wildman–Crippen LogP) is 4.97. The van der Waals surface area contributed by atoms with Gasteiger partial charge in [0.1, 0.15) is 10.3 Å². The summed E-state index contributed by atoms with van der Waals surface area (Å²) in [5.41, 5.74) is 1.78. The van der Waals surface area contributed by atoms with Gasteiger partial charge < -0.3 is 5.32 Å². The zero-order valence-electron chi connectivity index (χ0n) is 24.1. The Morgan fingerprint density at radius 1 is 0.902 bits per heavy atom. The minimum atomic E-state index is -3.91. The van der Waals surface area contributed by atoms with Gasteiger partial charge in [-0.15, -0.1) is 11.3 Å². The van der Waals surface area contributed by atoms with Gasteiger partial charge >= 0.3 is 0 Å². The molecule has 1 amide bonds. The molecule has 3 rings (SSSR count). The Morgan fingerprint density at radius 2 is 1.59 bits per heavy atom. The van der Waals surface area contributed by atoms with Crippen molar-refractivity contribution >= 4 is 37.3 Å². The highest BCUT2D eigenvalue weighted by molar-refractivity contribution is 7.91. The Balaban J connectivity index is 1.59. The summed E-state index contributed by atoms with van der Waals surface area (Å²) in [7, 11) is -7.49. The van der Waals surface area contributed by atoms with Gasteiger partial charge in [0.15, 0.2) is 0 Å². The third kappa shape index (κ3) is 9.75. The lowest BCUT2D eigenvalue weighted by Crippen LogP contribution is -2.48. The molecule has 41 heavy (non-hydrogen) atoms. The molecule has 1 aromatic heterocycles. The first kappa shape index (κ1) is 32.9. The SMILES string of the molecule is Cc1ccc(S(=O)(=O)NC(Cc2ccccc2)C(=O)NCCCCC(C)N(CC(C)C)S(=O)(=O)c2cccs2)cc1. The fraction of sp³-hybridized carbons (Fsp3) is 0.433. The fourth-order valence-electron chi connectivity index (χ4n) is 4.45. The van der Waals surface area contributed by atoms with Crippen molar-refractivity contribution in [1.29, 1.82) is 0 Å². The Morgan fingerprint density at radius 3 is 2.20 bits per heavy atom. The molecular formula is C30H41N3O5S3. The molecule has 11 heteroatoms. The third-order valence-corrected chi connectivity index (χ3v) is 11.5. The summed E-state index contributed by atoms with van der Waals surface area (Å²) in [6, 6.07) is 17.9. The summed E-state index contributed by atoms with van der Waals surface area (Å²) in [6.45, 7) is 8.57. The molecule has 0 aliphatic carbocycles. The Hall–Kier alpha value is -2.57. The number of rotatable bonds is 16. The topological polar surface area (TPSA) is 113 Å². The maximum absolute atomic E-state index is 13.2. The van der Waals surface area contributed by atoms with Gasteiger partial charge in [0.25, 0.3) is 10.0 Å². The minimum absolute atomic E-state index is 0.103. The number of aryl methyl sites for hydroxylation is 1. The summed E-state index contributed by atoms with van der Waals surface area (Å²) in [5.74, 6) is -0.226. The lowest BCUT2D eigenvalue weighted by Gasteiger charge is -2.29. The van der Waals surface area contributed by atoms with Crippen LogP contribution in [0.4, 0.5) is 0 Å². The number of hydrogen-bond acceptors (Lipinski definition) is 6. The van der Waals surface area contributed by atoms with Crippen molar-refractivity contribution < 1.29 is 21.6 Å². The van der Waals surface area contributed by atoms with E-state index in [0.29, 0.717) is 36.6 Å². The Labute approximate surface area is 249 Å². The van der Waals surface area contributed by atoms with Crippen molar-refractivity contribution in [3.05, 3.63) is 83.2 Å². The van der Waals surface area contributed by atoms with E-state index < -0.39 is 32.0 Å². The zero-order chi connectivity index (χ0) is 30.0. The Kier molecular flexibility index (Phi) is 12.1. The lowest BCUT2D eigenvalue weighted by molar-refractivity contribution is -0.122. The fourth-order valence-corrected chi connectivity index (χ4v) is 8.59. The van der Waals surface area contributed by atoms with Gasteiger partial charge in [-0.05, 0) is 68.2 Å². The average Bonchev–Trinajstić information content (AvgIpc) is 3.48. The minimum Gasteiger partial charge on any atom is -0.355 e. The number of benzene rings is 2. The van der Waals surface area contributed by atoms with E-state index in [9.17, 15) is 21.6 Å². The summed E-state index contributed by atoms with van der Waals surface area (Å²) in [5, 5.41) is 4.64. The van der Waals surface area contributed by atoms with Crippen molar-refractivity contribution in [1.82, 2.24) is 14.3 Å². The molecule has 0 aliphatic heterocycles. The standard InChI is InChI=1S/C30H41N3O5S3/c1-23(2)22-33(41(37,38)29-14-10-20-39-29)25(4)11-8-9-19-31-30(34)28(21-26-12-6-5-7-13-26)32-40(35,36)27-17-15-24(3)16-18-27/h5-7,10,12-18,20,23,25,28,32H,8-9,11,19,21-22H2,1-4H3,(H,31,34). The quantitative estimate of drug-likeness (QED) is 0.220. The number of sulfonamides is 2. The molecule has 2 atom stereocenters. The number of thiophene rings is 1. The lowest BCUT2D eigenvalue weighted by atomic mass is 10.1. The normalized spacial score (nSPS) is 13.8. The van der Waals surface area contributed by atoms with Crippen LogP contribution in [0.5, 0.6) is 0 Å². The molecule has 0 spiro atoms. The molecular weight excluding hydrogens is 579 g/mol. The van der Waals surface area contributed by atoms with Crippen LogP contribution in [0.1, 0.15) is 51.2 Å². The summed E-state index contributed by atoms with van der Waals surface area (Å²) in [4.78, 5) is 13.3. The molecule has 0 saturated carbocycles. The highest BCUT2D eigenvalue weighted by atomic mass is 32.2. The molecule has 0 fully saturated rings. The van der Waals surface area contributed by atoms with Crippen LogP contribution < -0.4 is 10.0 Å². The Bertz CT molecular complexity index is 1440. The maximum atomic E-state index is 13.2. The number of nitrogens with one attached hydrogen (secondary N) is 2. The zero-order valence-corrected chi connectivity index (χ0v) is 26.6. The largest absolute Gasteiger partial charge is 0.355 e. The van der Waals surface area contributed by atoms with Gasteiger partial charge in [0.05, 0.1) is 4.90 Å². The average molecular weight is 620 g/mol. The highest BCUT2D eigenvalue weighted by Gasteiger charge is 2.30. The van der Waals surface area contributed by atoms with Crippen molar-refractivity contribution in [2.45, 2.75) is 74.6 Å². The third-order valence-electron chi connectivity index (χ3n) is 6.67. The number of unbranched alkanes of at least 4 members (excludes halogenated alkanes) is 1. The van der Waals surface area contributed by atoms with Crippen molar-refractivity contribution in [2.75, 3.05) is 13.1 Å². The van der Waals surface area contributed by atoms with Gasteiger partial charge in [-0.1, -0.05) is 74.4 Å². The van der Waals surface area contributed by atoms with Crippen LogP contribution in [0.25, 0.3) is 0 Å². The molecule has 0 saturated heterocycles. The maximum Gasteiger partial charge on any atom is 0.252 e. The number of nitrogens with zero attached hydrogens (tertiary/aromatic N) is 1. The first-order chi connectivity index (χ1) is 19.4. The van der Waals surface area contributed by atoms with Crippen LogP contribution in [-0.4, -0.2) is 52.2 Å². The number of carbonyl (C=O) groups excluding carboxylic acids is 1. The molecule has 8 nitrogen and oxygen atoms in total. The van der Waals surface area contributed by atoms with Crippen molar-refractivity contribution in [2.24, 2.45) is 5.92 Å². The molecule has 224 valence electrons. The van der Waals surface area contributed by atoms with Crippen LogP contribution >= 0.6 is 11.3 Å². The second-order valence-corrected chi connectivity index (χ2v) is 15.5. The van der Waals surface area contributed by atoms with E-state index in [2.05, 4.69) is 10.0 Å². The van der Waals surface area contributed by atoms with Crippen molar-refractivity contribution in [3.63, 3.8) is 0 Å². The van der Waals surface area contributed by atoms with Crippen LogP contribution in [0.2, 0.25) is 0 Å². The molecule has 0 radical (unpaired) electrons. The number of carbonyl (C=O) groups is 1. The first-order valence-corrected chi connectivity index (χ1v) is 17.7. The molecule has 0 aliphatic rings. The van der Waals surface area contributed by atoms with E-state index in [1.165, 1.54) is 23.5 Å². The van der Waals surface area contributed by atoms with Crippen LogP contribution in [0.15, 0.2) is 81.2 Å². The van der Waals surface area contributed by atoms with Gasteiger partial charge in [0.2, 0.25) is 15.9 Å². The molecule has 2 N–H and O–H groups in total. The molecule has 0 bridgehead atoms. The molecule has 2 aromatic carbocycles. The highest BCUT2D eigenvalue weighted by Crippen LogP contribution is 2.25. The summed E-state index contributed by atoms with van der Waals surface area (Å²) in [6.07, 6.45) is 2.18. The van der Waals surface area contributed by atoms with Crippen molar-refractivity contribution in [3.8, 4) is 0 Å². The van der Waals surface area contributed by atoms with E-state index in [1.54, 1.807) is 34.0 Å². The molecule has 2 unspecified atom stereocenters. The second-order valence-electron chi connectivity index (χ2n) is 10.7. The number of amides is 1. The van der Waals surface area contributed by atoms with E-state index in [0.717, 1.165) is 11.1 Å². The monoisotopic (exact) mass is 619 g/mol. The molecule has 3 aromatic rings. The summed E-state index contributed by atoms with van der Waals surface area (Å²) >= 11 is 1.22. The molecule has 1 heterocycles. The van der Waals surface area contributed by atoms with Crippen LogP contribution in [-0.2, 0) is 31.3 Å². The summed E-state index contributed by atoms with van der Waals surface area (Å²) < 4.78 is 57.1. The van der Waals surface area contributed by atoms with Gasteiger partial charge in [-0.2, -0.15) is 9.03 Å². The van der Waals surface area contributed by atoms with Crippen LogP contribution in [0.3, 0.4) is 0 Å². The van der Waals surface area contributed by atoms with Gasteiger partial charge in [0, 0.05) is 19.1 Å². The van der Waals surface area contributed by atoms with E-state index in [4.69, 9.17) is 0 Å². The predicted molar refractivity (Wildman–Crippen MR) is 165 cm³/mol. The van der Waals surface area contributed by atoms with Gasteiger partial charge in [-0.25, -0.2) is 16.8 Å². The van der Waals surface area contributed by atoms with E-state index >= 15 is 0 Å². The first-order valence-electron chi connectivity index (χ1n) is 13.9. The van der Waals surface area contributed by atoms with E-state index in [-0.39, 0.29) is 23.3 Å². The van der Waals surface area contributed by atoms with Crippen LogP contribution in [0, 0.1) is 12.8 Å². The number of hydrogen-bond donors (Lipinski definition) is 2. The van der Waals surface area contributed by atoms with Gasteiger partial charge in [-0.3, -0.25) is 4.79 Å². The second kappa shape index (κ2) is 15.1. The van der Waals surface area contributed by atoms with E-state index in [1.807, 2.05) is 58.0 Å².